The quantitative estimate of drug-likeness (QED) is 0.384. The summed E-state index contributed by atoms with van der Waals surface area (Å²) < 4.78 is 15.1. The molecule has 7 nitrogen and oxygen atoms in total. The van der Waals surface area contributed by atoms with Crippen LogP contribution in [0.3, 0.4) is 0 Å². The van der Waals surface area contributed by atoms with E-state index in [4.69, 9.17) is 0 Å². The number of carbonyl (C=O) groups excluding carboxylic acids is 1. The summed E-state index contributed by atoms with van der Waals surface area (Å²) in [4.78, 5) is 22.6. The number of anilines is 1. The molecule has 148 valence electrons. The van der Waals surface area contributed by atoms with Crippen molar-refractivity contribution in [2.45, 2.75) is 20.4 Å². The number of aryl methyl sites for hydroxylation is 1. The number of aromatic nitrogens is 2. The van der Waals surface area contributed by atoms with E-state index in [9.17, 15) is 19.3 Å². The van der Waals surface area contributed by atoms with Crippen molar-refractivity contribution in [2.75, 3.05) is 5.32 Å². The third-order valence-corrected chi connectivity index (χ3v) is 4.36. The Kier molecular flexibility index (Phi) is 5.82. The van der Waals surface area contributed by atoms with E-state index in [1.54, 1.807) is 35.9 Å². The average Bonchev–Trinajstić information content (AvgIpc) is 2.94. The molecule has 0 aliphatic carbocycles. The SMILES string of the molecule is Cc1nn(Cc2cccc(F)c2)c(C)c1NC(=O)/C=C/c1cccc([N+](=O)[O-])c1. The molecule has 1 heterocycles. The van der Waals surface area contributed by atoms with Gasteiger partial charge in [-0.05, 0) is 43.2 Å². The van der Waals surface area contributed by atoms with Crippen LogP contribution in [0.15, 0.2) is 54.6 Å². The first-order valence-corrected chi connectivity index (χ1v) is 8.85. The molecule has 0 radical (unpaired) electrons. The molecule has 8 heteroatoms. The summed E-state index contributed by atoms with van der Waals surface area (Å²) in [6.07, 6.45) is 2.81. The first-order valence-electron chi connectivity index (χ1n) is 8.85. The second-order valence-electron chi connectivity index (χ2n) is 6.51. The summed E-state index contributed by atoms with van der Waals surface area (Å²) in [6, 6.07) is 12.3. The monoisotopic (exact) mass is 394 g/mol. The molecule has 0 bridgehead atoms. The van der Waals surface area contributed by atoms with Crippen LogP contribution in [0.2, 0.25) is 0 Å². The topological polar surface area (TPSA) is 90.1 Å². The van der Waals surface area contributed by atoms with E-state index in [0.717, 1.165) is 11.3 Å². The fourth-order valence-electron chi connectivity index (χ4n) is 2.92. The molecule has 3 rings (SSSR count). The molecule has 0 fully saturated rings. The number of nitrogens with one attached hydrogen (secondary N) is 1. The number of carbonyl (C=O) groups is 1. The molecule has 2 aromatic carbocycles. The summed E-state index contributed by atoms with van der Waals surface area (Å²) in [7, 11) is 0. The van der Waals surface area contributed by atoms with Crippen molar-refractivity contribution >= 4 is 23.4 Å². The maximum atomic E-state index is 13.4. The lowest BCUT2D eigenvalue weighted by Gasteiger charge is -2.06. The highest BCUT2D eigenvalue weighted by Crippen LogP contribution is 2.21. The van der Waals surface area contributed by atoms with Gasteiger partial charge in [0.1, 0.15) is 5.82 Å². The van der Waals surface area contributed by atoms with Crippen LogP contribution < -0.4 is 5.32 Å². The van der Waals surface area contributed by atoms with Gasteiger partial charge in [0.25, 0.3) is 5.69 Å². The smallest absolute Gasteiger partial charge is 0.270 e. The number of rotatable bonds is 6. The van der Waals surface area contributed by atoms with Crippen molar-refractivity contribution in [1.29, 1.82) is 0 Å². The lowest BCUT2D eigenvalue weighted by Crippen LogP contribution is -2.10. The second kappa shape index (κ2) is 8.47. The van der Waals surface area contributed by atoms with E-state index < -0.39 is 4.92 Å². The Balaban J connectivity index is 1.73. The van der Waals surface area contributed by atoms with Crippen molar-refractivity contribution < 1.29 is 14.1 Å². The van der Waals surface area contributed by atoms with Gasteiger partial charge in [-0.25, -0.2) is 4.39 Å². The Hall–Kier alpha value is -3.81. The van der Waals surface area contributed by atoms with Crippen LogP contribution in [0, 0.1) is 29.8 Å². The third kappa shape index (κ3) is 4.92. The first kappa shape index (κ1) is 19.9. The lowest BCUT2D eigenvalue weighted by molar-refractivity contribution is -0.384. The van der Waals surface area contributed by atoms with Crippen LogP contribution in [0.1, 0.15) is 22.5 Å². The minimum Gasteiger partial charge on any atom is -0.319 e. The van der Waals surface area contributed by atoms with Gasteiger partial charge in [0, 0.05) is 18.2 Å². The Morgan fingerprint density at radius 2 is 2.00 bits per heavy atom. The summed E-state index contributed by atoms with van der Waals surface area (Å²) in [6.45, 7) is 3.97. The maximum absolute atomic E-state index is 13.4. The van der Waals surface area contributed by atoms with E-state index in [1.807, 2.05) is 6.92 Å². The molecule has 0 aliphatic heterocycles. The molecule has 0 atom stereocenters. The number of amides is 1. The van der Waals surface area contributed by atoms with Crippen LogP contribution in [-0.4, -0.2) is 20.6 Å². The Morgan fingerprint density at radius 3 is 2.72 bits per heavy atom. The number of hydrogen-bond donors (Lipinski definition) is 1. The largest absolute Gasteiger partial charge is 0.319 e. The first-order chi connectivity index (χ1) is 13.8. The van der Waals surface area contributed by atoms with Crippen molar-refractivity contribution in [1.82, 2.24) is 9.78 Å². The van der Waals surface area contributed by atoms with E-state index in [1.165, 1.54) is 36.4 Å². The van der Waals surface area contributed by atoms with Crippen LogP contribution in [0.5, 0.6) is 0 Å². The zero-order valence-corrected chi connectivity index (χ0v) is 15.9. The third-order valence-electron chi connectivity index (χ3n) is 4.36. The number of halogens is 1. The lowest BCUT2D eigenvalue weighted by atomic mass is 10.2. The fraction of sp³-hybridized carbons (Fsp3) is 0.143. The van der Waals surface area contributed by atoms with Crippen LogP contribution in [0.25, 0.3) is 6.08 Å². The molecule has 0 spiro atoms. The zero-order chi connectivity index (χ0) is 21.0. The molecular formula is C21H19FN4O3. The molecule has 0 aliphatic rings. The average molecular weight is 394 g/mol. The highest BCUT2D eigenvalue weighted by atomic mass is 19.1. The van der Waals surface area contributed by atoms with E-state index in [-0.39, 0.29) is 17.4 Å². The van der Waals surface area contributed by atoms with Gasteiger partial charge in [-0.1, -0.05) is 24.3 Å². The van der Waals surface area contributed by atoms with Crippen LogP contribution in [-0.2, 0) is 11.3 Å². The molecule has 0 saturated heterocycles. The minimum atomic E-state index is -0.489. The number of hydrogen-bond acceptors (Lipinski definition) is 4. The summed E-state index contributed by atoms with van der Waals surface area (Å²) in [5.74, 6) is -0.697. The molecule has 29 heavy (non-hydrogen) atoms. The zero-order valence-electron chi connectivity index (χ0n) is 15.9. The molecule has 1 aromatic heterocycles. The van der Waals surface area contributed by atoms with Gasteiger partial charge in [-0.2, -0.15) is 5.10 Å². The summed E-state index contributed by atoms with van der Waals surface area (Å²) in [5, 5.41) is 18.0. The molecule has 1 amide bonds. The Labute approximate surface area is 166 Å². The Bertz CT molecular complexity index is 1110. The van der Waals surface area contributed by atoms with Crippen molar-refractivity contribution in [3.05, 3.63) is 93.1 Å². The van der Waals surface area contributed by atoms with Gasteiger partial charge in [0.15, 0.2) is 0 Å². The number of nitrogens with zero attached hydrogens (tertiary/aromatic N) is 3. The molecule has 0 unspecified atom stereocenters. The number of nitro groups is 1. The molecular weight excluding hydrogens is 375 g/mol. The number of benzene rings is 2. The van der Waals surface area contributed by atoms with Crippen molar-refractivity contribution in [2.24, 2.45) is 0 Å². The maximum Gasteiger partial charge on any atom is 0.270 e. The van der Waals surface area contributed by atoms with Gasteiger partial charge < -0.3 is 5.32 Å². The Morgan fingerprint density at radius 1 is 1.24 bits per heavy atom. The van der Waals surface area contributed by atoms with E-state index >= 15 is 0 Å². The minimum absolute atomic E-state index is 0.0436. The normalized spacial score (nSPS) is 11.0. The van der Waals surface area contributed by atoms with Gasteiger partial charge in [0.05, 0.1) is 28.5 Å². The van der Waals surface area contributed by atoms with Gasteiger partial charge >= 0.3 is 0 Å². The van der Waals surface area contributed by atoms with E-state index in [0.29, 0.717) is 23.5 Å². The number of nitro benzene ring substituents is 1. The predicted octanol–water partition coefficient (Wildman–Crippen LogP) is 4.25. The van der Waals surface area contributed by atoms with Crippen molar-refractivity contribution in [3.63, 3.8) is 0 Å². The highest BCUT2D eigenvalue weighted by molar-refractivity contribution is 6.02. The number of non-ortho nitro benzene ring substituents is 1. The fourth-order valence-corrected chi connectivity index (χ4v) is 2.92. The van der Waals surface area contributed by atoms with Crippen LogP contribution in [0.4, 0.5) is 15.8 Å². The summed E-state index contributed by atoms with van der Waals surface area (Å²) >= 11 is 0. The van der Waals surface area contributed by atoms with Crippen LogP contribution >= 0.6 is 0 Å². The molecule has 0 saturated carbocycles. The second-order valence-corrected chi connectivity index (χ2v) is 6.51. The summed E-state index contributed by atoms with van der Waals surface area (Å²) in [5.41, 5.74) is 3.22. The van der Waals surface area contributed by atoms with Gasteiger partial charge in [-0.3, -0.25) is 19.6 Å². The highest BCUT2D eigenvalue weighted by Gasteiger charge is 2.14. The molecule has 3 aromatic rings. The predicted molar refractivity (Wildman–Crippen MR) is 108 cm³/mol. The van der Waals surface area contributed by atoms with Gasteiger partial charge in [-0.15, -0.1) is 0 Å². The van der Waals surface area contributed by atoms with Gasteiger partial charge in [0.2, 0.25) is 5.91 Å². The van der Waals surface area contributed by atoms with Crippen molar-refractivity contribution in [3.8, 4) is 0 Å². The van der Waals surface area contributed by atoms with E-state index in [2.05, 4.69) is 10.4 Å². The molecule has 1 N–H and O–H groups in total. The standard InChI is InChI=1S/C21H19FN4O3/c1-14-21(15(2)25(24-14)13-17-6-3-7-18(22)11-17)23-20(27)10-9-16-5-4-8-19(12-16)26(28)29/h3-12H,13H2,1-2H3,(H,23,27)/b10-9+.